The zero-order chi connectivity index (χ0) is 10.6. The molecule has 0 saturated heterocycles. The zero-order valence-electron chi connectivity index (χ0n) is 8.30. The van der Waals surface area contributed by atoms with E-state index in [2.05, 4.69) is 22.0 Å². The van der Waals surface area contributed by atoms with Crippen molar-refractivity contribution in [1.29, 1.82) is 0 Å². The van der Waals surface area contributed by atoms with Crippen molar-refractivity contribution >= 4 is 32.8 Å². The fourth-order valence-corrected chi connectivity index (χ4v) is 4.27. The third kappa shape index (κ3) is 1.45. The summed E-state index contributed by atoms with van der Waals surface area (Å²) < 4.78 is 0.980. The third-order valence-electron chi connectivity index (χ3n) is 4.06. The van der Waals surface area contributed by atoms with Crippen LogP contribution in [0.3, 0.4) is 0 Å². The summed E-state index contributed by atoms with van der Waals surface area (Å²) in [6, 6.07) is 0. The van der Waals surface area contributed by atoms with Crippen LogP contribution in [0.4, 0.5) is 0 Å². The van der Waals surface area contributed by atoms with Crippen LogP contribution in [0.2, 0.25) is 0 Å². The van der Waals surface area contributed by atoms with Crippen LogP contribution >= 0.6 is 27.5 Å². The van der Waals surface area contributed by atoms with Crippen molar-refractivity contribution in [1.82, 2.24) is 0 Å². The van der Waals surface area contributed by atoms with Gasteiger partial charge in [-0.1, -0.05) is 21.5 Å². The number of carbonyl (C=O) groups is 1. The van der Waals surface area contributed by atoms with Gasteiger partial charge in [0.25, 0.3) is 0 Å². The van der Waals surface area contributed by atoms with Gasteiger partial charge in [-0.3, -0.25) is 4.79 Å². The molecular formula is C12H12BrClO. The zero-order valence-corrected chi connectivity index (χ0v) is 10.6. The van der Waals surface area contributed by atoms with E-state index >= 15 is 0 Å². The largest absolute Gasteiger partial charge is 0.281 e. The number of allylic oxidation sites excluding steroid dienone is 4. The lowest BCUT2D eigenvalue weighted by atomic mass is 9.82. The SMILES string of the molecule is O=C(Cl)C1CC2=C(C=C1Br)C1CCC2C1. The summed E-state index contributed by atoms with van der Waals surface area (Å²) >= 11 is 9.10. The molecule has 3 rings (SSSR count). The van der Waals surface area contributed by atoms with Crippen LogP contribution in [0.15, 0.2) is 21.7 Å². The van der Waals surface area contributed by atoms with Gasteiger partial charge in [0.2, 0.25) is 5.24 Å². The summed E-state index contributed by atoms with van der Waals surface area (Å²) in [6.07, 6.45) is 6.98. The summed E-state index contributed by atoms with van der Waals surface area (Å²) in [5.74, 6) is 1.40. The second-order valence-corrected chi connectivity index (χ2v) is 6.07. The Kier molecular flexibility index (Phi) is 2.33. The van der Waals surface area contributed by atoms with Crippen molar-refractivity contribution in [2.75, 3.05) is 0 Å². The van der Waals surface area contributed by atoms with Gasteiger partial charge >= 0.3 is 0 Å². The maximum absolute atomic E-state index is 11.3. The number of rotatable bonds is 1. The van der Waals surface area contributed by atoms with Crippen molar-refractivity contribution in [3.8, 4) is 0 Å². The van der Waals surface area contributed by atoms with Crippen molar-refractivity contribution in [3.05, 3.63) is 21.7 Å². The van der Waals surface area contributed by atoms with Gasteiger partial charge in [0.1, 0.15) is 0 Å². The Balaban J connectivity index is 1.97. The van der Waals surface area contributed by atoms with Gasteiger partial charge in [-0.15, -0.1) is 0 Å². The minimum absolute atomic E-state index is 0.121. The van der Waals surface area contributed by atoms with E-state index in [0.717, 1.165) is 22.7 Å². The molecule has 2 bridgehead atoms. The first-order valence-corrected chi connectivity index (χ1v) is 6.63. The van der Waals surface area contributed by atoms with Crippen molar-refractivity contribution in [3.63, 3.8) is 0 Å². The van der Waals surface area contributed by atoms with Crippen molar-refractivity contribution in [2.24, 2.45) is 17.8 Å². The van der Waals surface area contributed by atoms with Crippen LogP contribution in [0, 0.1) is 17.8 Å². The molecule has 80 valence electrons. The summed E-state index contributed by atoms with van der Waals surface area (Å²) in [5.41, 5.74) is 3.03. The molecule has 3 aliphatic rings. The van der Waals surface area contributed by atoms with Gasteiger partial charge in [0.05, 0.1) is 5.92 Å². The Labute approximate surface area is 103 Å². The molecular weight excluding hydrogens is 275 g/mol. The van der Waals surface area contributed by atoms with E-state index in [0.29, 0.717) is 0 Å². The molecule has 0 aliphatic heterocycles. The molecule has 0 aromatic rings. The highest BCUT2D eigenvalue weighted by molar-refractivity contribution is 9.11. The number of hydrogen-bond donors (Lipinski definition) is 0. The van der Waals surface area contributed by atoms with E-state index in [-0.39, 0.29) is 11.2 Å². The van der Waals surface area contributed by atoms with E-state index in [4.69, 9.17) is 11.6 Å². The quantitative estimate of drug-likeness (QED) is 0.671. The summed E-state index contributed by atoms with van der Waals surface area (Å²) in [6.45, 7) is 0. The predicted octanol–water partition coefficient (Wildman–Crippen LogP) is 3.78. The van der Waals surface area contributed by atoms with Gasteiger partial charge in [-0.25, -0.2) is 0 Å². The van der Waals surface area contributed by atoms with E-state index in [1.54, 1.807) is 0 Å². The fraction of sp³-hybridized carbons (Fsp3) is 0.583. The minimum Gasteiger partial charge on any atom is -0.281 e. The summed E-state index contributed by atoms with van der Waals surface area (Å²) in [5, 5.41) is -0.229. The van der Waals surface area contributed by atoms with Gasteiger partial charge in [0, 0.05) is 4.48 Å². The molecule has 0 aromatic heterocycles. The first-order chi connectivity index (χ1) is 7.16. The molecule has 3 heteroatoms. The van der Waals surface area contributed by atoms with Crippen LogP contribution in [-0.4, -0.2) is 5.24 Å². The van der Waals surface area contributed by atoms with Crippen molar-refractivity contribution in [2.45, 2.75) is 25.7 Å². The number of halogens is 2. The molecule has 3 atom stereocenters. The third-order valence-corrected chi connectivity index (χ3v) is 5.11. The van der Waals surface area contributed by atoms with Crippen LogP contribution in [0.25, 0.3) is 0 Å². The topological polar surface area (TPSA) is 17.1 Å². The first-order valence-electron chi connectivity index (χ1n) is 5.46. The van der Waals surface area contributed by atoms with E-state index in [1.165, 1.54) is 30.4 Å². The van der Waals surface area contributed by atoms with Crippen LogP contribution in [0.1, 0.15) is 25.7 Å². The Morgan fingerprint density at radius 3 is 2.87 bits per heavy atom. The fourth-order valence-electron chi connectivity index (χ4n) is 3.33. The normalized spacial score (nSPS) is 38.0. The lowest BCUT2D eigenvalue weighted by molar-refractivity contribution is -0.114. The van der Waals surface area contributed by atoms with Crippen molar-refractivity contribution < 1.29 is 4.79 Å². The molecule has 0 radical (unpaired) electrons. The maximum atomic E-state index is 11.3. The van der Waals surface area contributed by atoms with Gasteiger partial charge in [-0.2, -0.15) is 0 Å². The molecule has 0 aromatic carbocycles. The first kappa shape index (κ1) is 10.1. The molecule has 1 saturated carbocycles. The smallest absolute Gasteiger partial charge is 0.229 e. The lowest BCUT2D eigenvalue weighted by Gasteiger charge is -2.26. The van der Waals surface area contributed by atoms with Crippen LogP contribution in [-0.2, 0) is 4.79 Å². The standard InChI is InChI=1S/C12H12BrClO/c13-11-5-9-7-2-1-6(3-7)8(9)4-10(11)12(14)15/h5-7,10H,1-4H2. The van der Waals surface area contributed by atoms with Gasteiger partial charge < -0.3 is 0 Å². The molecule has 15 heavy (non-hydrogen) atoms. The highest BCUT2D eigenvalue weighted by Crippen LogP contribution is 2.54. The van der Waals surface area contributed by atoms with E-state index < -0.39 is 0 Å². The summed E-state index contributed by atoms with van der Waals surface area (Å²) in [7, 11) is 0. The minimum atomic E-state index is -0.229. The van der Waals surface area contributed by atoms with Crippen LogP contribution in [0.5, 0.6) is 0 Å². The predicted molar refractivity (Wildman–Crippen MR) is 63.8 cm³/mol. The molecule has 1 fully saturated rings. The number of hydrogen-bond acceptors (Lipinski definition) is 1. The van der Waals surface area contributed by atoms with Crippen LogP contribution < -0.4 is 0 Å². The molecule has 3 unspecified atom stereocenters. The van der Waals surface area contributed by atoms with E-state index in [1.807, 2.05) is 0 Å². The Morgan fingerprint density at radius 2 is 2.13 bits per heavy atom. The maximum Gasteiger partial charge on any atom is 0.229 e. The average molecular weight is 288 g/mol. The Bertz CT molecular complexity index is 396. The second-order valence-electron chi connectivity index (χ2n) is 4.78. The Morgan fingerprint density at radius 1 is 1.40 bits per heavy atom. The molecule has 1 nitrogen and oxygen atoms in total. The molecule has 0 amide bonds. The number of fused-ring (bicyclic) bond motifs is 4. The highest BCUT2D eigenvalue weighted by Gasteiger charge is 2.41. The molecule has 0 N–H and O–H groups in total. The monoisotopic (exact) mass is 286 g/mol. The molecule has 0 spiro atoms. The van der Waals surface area contributed by atoms with Gasteiger partial charge in [-0.05, 0) is 60.8 Å². The molecule has 0 heterocycles. The van der Waals surface area contributed by atoms with Gasteiger partial charge in [0.15, 0.2) is 0 Å². The second kappa shape index (κ2) is 3.46. The lowest BCUT2D eigenvalue weighted by Crippen LogP contribution is -2.17. The Hall–Kier alpha value is -0.0800. The summed E-state index contributed by atoms with van der Waals surface area (Å²) in [4.78, 5) is 11.3. The average Bonchev–Trinajstić information content (AvgIpc) is 2.76. The van der Waals surface area contributed by atoms with E-state index in [9.17, 15) is 4.79 Å². The number of carbonyl (C=O) groups excluding carboxylic acids is 1. The molecule has 3 aliphatic carbocycles. The highest BCUT2D eigenvalue weighted by atomic mass is 79.9.